The second-order valence-electron chi connectivity index (χ2n) is 3.42. The first kappa shape index (κ1) is 10.6. The predicted octanol–water partition coefficient (Wildman–Crippen LogP) is 1.73. The highest BCUT2D eigenvalue weighted by Gasteiger charge is 2.06. The van der Waals surface area contributed by atoms with Crippen LogP contribution in [0.25, 0.3) is 0 Å². The van der Waals surface area contributed by atoms with E-state index in [0.717, 1.165) is 19.3 Å². The molecule has 0 rings (SSSR count). The van der Waals surface area contributed by atoms with Crippen LogP contribution in [-0.2, 0) is 4.79 Å². The summed E-state index contributed by atoms with van der Waals surface area (Å²) < 4.78 is 0. The molecule has 0 spiro atoms. The Labute approximate surface area is 69.2 Å². The second kappa shape index (κ2) is 5.30. The molecule has 2 unspecified atom stereocenters. The van der Waals surface area contributed by atoms with Gasteiger partial charge >= 0.3 is 0 Å². The molecule has 0 heterocycles. The Balaban J connectivity index is 3.31. The van der Waals surface area contributed by atoms with Gasteiger partial charge in [-0.1, -0.05) is 13.3 Å². The molecule has 0 aromatic heterocycles. The van der Waals surface area contributed by atoms with Gasteiger partial charge in [0.25, 0.3) is 0 Å². The van der Waals surface area contributed by atoms with E-state index >= 15 is 0 Å². The third-order valence-electron chi connectivity index (χ3n) is 1.99. The zero-order chi connectivity index (χ0) is 8.85. The number of Topliss-reactive ketones (excluding diaryl/α,β-unsaturated/α-hetero) is 1. The fourth-order valence-electron chi connectivity index (χ4n) is 0.949. The number of rotatable bonds is 5. The second-order valence-corrected chi connectivity index (χ2v) is 3.42. The molecule has 66 valence electrons. The highest BCUT2D eigenvalue weighted by atomic mass is 16.1. The van der Waals surface area contributed by atoms with Crippen LogP contribution in [-0.4, -0.2) is 11.8 Å². The summed E-state index contributed by atoms with van der Waals surface area (Å²) in [6.45, 7) is 5.62. The number of hydrogen-bond acceptors (Lipinski definition) is 2. The average molecular weight is 157 g/mol. The Morgan fingerprint density at radius 3 is 2.27 bits per heavy atom. The summed E-state index contributed by atoms with van der Waals surface area (Å²) in [6, 6.07) is 0.272. The van der Waals surface area contributed by atoms with Gasteiger partial charge < -0.3 is 5.73 Å². The summed E-state index contributed by atoms with van der Waals surface area (Å²) in [5.41, 5.74) is 5.57. The van der Waals surface area contributed by atoms with Crippen molar-refractivity contribution in [2.75, 3.05) is 0 Å². The molecule has 11 heavy (non-hydrogen) atoms. The molecule has 0 amide bonds. The van der Waals surface area contributed by atoms with Gasteiger partial charge in [0.05, 0.1) is 0 Å². The topological polar surface area (TPSA) is 43.1 Å². The van der Waals surface area contributed by atoms with Crippen molar-refractivity contribution < 1.29 is 4.79 Å². The molecular weight excluding hydrogens is 138 g/mol. The van der Waals surface area contributed by atoms with Crippen LogP contribution in [0, 0.1) is 5.92 Å². The van der Waals surface area contributed by atoms with Crippen molar-refractivity contribution in [1.29, 1.82) is 0 Å². The molecule has 0 aliphatic carbocycles. The van der Waals surface area contributed by atoms with E-state index in [1.807, 2.05) is 13.8 Å². The molecule has 2 nitrogen and oxygen atoms in total. The van der Waals surface area contributed by atoms with Crippen LogP contribution >= 0.6 is 0 Å². The minimum atomic E-state index is 0.216. The van der Waals surface area contributed by atoms with Crippen LogP contribution in [0.2, 0.25) is 0 Å². The SMILES string of the molecule is CC(=O)C(C)CCCC(C)N. The first-order valence-electron chi connectivity index (χ1n) is 4.30. The molecule has 0 saturated carbocycles. The van der Waals surface area contributed by atoms with E-state index in [2.05, 4.69) is 0 Å². The van der Waals surface area contributed by atoms with Crippen molar-refractivity contribution in [2.24, 2.45) is 11.7 Å². The minimum Gasteiger partial charge on any atom is -0.328 e. The lowest BCUT2D eigenvalue weighted by Crippen LogP contribution is -2.15. The fourth-order valence-corrected chi connectivity index (χ4v) is 0.949. The van der Waals surface area contributed by atoms with E-state index in [0.29, 0.717) is 0 Å². The lowest BCUT2D eigenvalue weighted by Gasteiger charge is -2.08. The quantitative estimate of drug-likeness (QED) is 0.660. The molecule has 0 bridgehead atoms. The minimum absolute atomic E-state index is 0.216. The number of nitrogens with two attached hydrogens (primary N) is 1. The Morgan fingerprint density at radius 2 is 1.91 bits per heavy atom. The molecule has 0 saturated heterocycles. The first-order chi connectivity index (χ1) is 5.04. The standard InChI is InChI=1S/C9H19NO/c1-7(9(3)11)5-4-6-8(2)10/h7-8H,4-6,10H2,1-3H3. The number of ketones is 1. The van der Waals surface area contributed by atoms with Crippen LogP contribution in [0.15, 0.2) is 0 Å². The summed E-state index contributed by atoms with van der Waals surface area (Å²) >= 11 is 0. The molecule has 0 aromatic rings. The molecule has 0 aliphatic rings. The Kier molecular flexibility index (Phi) is 5.12. The van der Waals surface area contributed by atoms with E-state index < -0.39 is 0 Å². The van der Waals surface area contributed by atoms with Gasteiger partial charge in [-0.3, -0.25) is 4.79 Å². The maximum Gasteiger partial charge on any atom is 0.132 e. The number of hydrogen-bond donors (Lipinski definition) is 1. The van der Waals surface area contributed by atoms with Gasteiger partial charge in [-0.25, -0.2) is 0 Å². The van der Waals surface area contributed by atoms with Crippen molar-refractivity contribution in [3.05, 3.63) is 0 Å². The molecule has 0 fully saturated rings. The van der Waals surface area contributed by atoms with Gasteiger partial charge in [-0.2, -0.15) is 0 Å². The van der Waals surface area contributed by atoms with E-state index in [9.17, 15) is 4.79 Å². The average Bonchev–Trinajstić information content (AvgIpc) is 1.86. The summed E-state index contributed by atoms with van der Waals surface area (Å²) in [6.07, 6.45) is 3.08. The number of carbonyl (C=O) groups excluding carboxylic acids is 1. The zero-order valence-corrected chi connectivity index (χ0v) is 7.76. The summed E-state index contributed by atoms with van der Waals surface area (Å²) in [4.78, 5) is 10.8. The highest BCUT2D eigenvalue weighted by Crippen LogP contribution is 2.09. The lowest BCUT2D eigenvalue weighted by molar-refractivity contribution is -0.120. The van der Waals surface area contributed by atoms with Gasteiger partial charge in [-0.05, 0) is 26.7 Å². The van der Waals surface area contributed by atoms with Crippen LogP contribution < -0.4 is 5.73 Å². The van der Waals surface area contributed by atoms with Gasteiger partial charge in [0.2, 0.25) is 0 Å². The smallest absolute Gasteiger partial charge is 0.132 e. The van der Waals surface area contributed by atoms with Crippen molar-refractivity contribution >= 4 is 5.78 Å². The summed E-state index contributed by atoms with van der Waals surface area (Å²) in [7, 11) is 0. The third kappa shape index (κ3) is 6.05. The van der Waals surface area contributed by atoms with Crippen molar-refractivity contribution in [1.82, 2.24) is 0 Å². The van der Waals surface area contributed by atoms with E-state index in [1.165, 1.54) is 0 Å². The lowest BCUT2D eigenvalue weighted by atomic mass is 9.99. The van der Waals surface area contributed by atoms with E-state index in [4.69, 9.17) is 5.73 Å². The maximum absolute atomic E-state index is 10.8. The molecule has 2 heteroatoms. The largest absolute Gasteiger partial charge is 0.328 e. The van der Waals surface area contributed by atoms with Gasteiger partial charge in [0.15, 0.2) is 0 Å². The van der Waals surface area contributed by atoms with E-state index in [-0.39, 0.29) is 17.7 Å². The number of carbonyl (C=O) groups is 1. The molecule has 0 aliphatic heterocycles. The molecule has 0 radical (unpaired) electrons. The molecule has 0 aromatic carbocycles. The Bertz CT molecular complexity index is 121. The van der Waals surface area contributed by atoms with Crippen LogP contribution in [0.5, 0.6) is 0 Å². The van der Waals surface area contributed by atoms with Crippen LogP contribution in [0.1, 0.15) is 40.0 Å². The maximum atomic E-state index is 10.8. The van der Waals surface area contributed by atoms with Gasteiger partial charge in [0.1, 0.15) is 5.78 Å². The van der Waals surface area contributed by atoms with Gasteiger partial charge in [0, 0.05) is 12.0 Å². The third-order valence-corrected chi connectivity index (χ3v) is 1.99. The monoisotopic (exact) mass is 157 g/mol. The predicted molar refractivity (Wildman–Crippen MR) is 47.3 cm³/mol. The van der Waals surface area contributed by atoms with Crippen molar-refractivity contribution in [3.8, 4) is 0 Å². The summed E-state index contributed by atoms with van der Waals surface area (Å²) in [5, 5.41) is 0. The fraction of sp³-hybridized carbons (Fsp3) is 0.889. The van der Waals surface area contributed by atoms with Crippen molar-refractivity contribution in [3.63, 3.8) is 0 Å². The molecular formula is C9H19NO. The Morgan fingerprint density at radius 1 is 1.36 bits per heavy atom. The van der Waals surface area contributed by atoms with Crippen molar-refractivity contribution in [2.45, 2.75) is 46.1 Å². The zero-order valence-electron chi connectivity index (χ0n) is 7.76. The van der Waals surface area contributed by atoms with Crippen LogP contribution in [0.4, 0.5) is 0 Å². The summed E-state index contributed by atoms with van der Waals surface area (Å²) in [5.74, 6) is 0.503. The Hall–Kier alpha value is -0.370. The van der Waals surface area contributed by atoms with Crippen LogP contribution in [0.3, 0.4) is 0 Å². The van der Waals surface area contributed by atoms with Gasteiger partial charge in [-0.15, -0.1) is 0 Å². The molecule has 2 N–H and O–H groups in total. The van der Waals surface area contributed by atoms with E-state index in [1.54, 1.807) is 6.92 Å². The normalized spacial score (nSPS) is 16.0. The molecule has 2 atom stereocenters. The first-order valence-corrected chi connectivity index (χ1v) is 4.30. The highest BCUT2D eigenvalue weighted by molar-refractivity contribution is 5.77.